The summed E-state index contributed by atoms with van der Waals surface area (Å²) < 4.78 is 4.92. The number of hydrogen-bond acceptors (Lipinski definition) is 8. The van der Waals surface area contributed by atoms with Crippen LogP contribution in [0, 0.1) is 6.92 Å². The molecule has 0 spiro atoms. The molecule has 0 fully saturated rings. The van der Waals surface area contributed by atoms with E-state index in [1.165, 1.54) is 23.3 Å². The highest BCUT2D eigenvalue weighted by Gasteiger charge is 2.05. The Bertz CT molecular complexity index is 456. The summed E-state index contributed by atoms with van der Waals surface area (Å²) in [7, 11) is 0. The summed E-state index contributed by atoms with van der Waals surface area (Å²) >= 11 is 2.75. The van der Waals surface area contributed by atoms with Gasteiger partial charge in [0.15, 0.2) is 10.2 Å². The number of aryl methyl sites for hydroxylation is 1. The number of anilines is 1. The van der Waals surface area contributed by atoms with E-state index in [2.05, 4.69) is 24.8 Å². The van der Waals surface area contributed by atoms with Crippen molar-refractivity contribution in [1.82, 2.24) is 19.3 Å². The number of hydrogen-bond donors (Lipinski definition) is 2. The van der Waals surface area contributed by atoms with E-state index in [4.69, 9.17) is 5.84 Å². The highest BCUT2D eigenvalue weighted by molar-refractivity contribution is 8.00. The van der Waals surface area contributed by atoms with Crippen LogP contribution < -0.4 is 11.3 Å². The standard InChI is InChI=1S/C7H8N6S2/c1-4-10-7(15-13-4)14-6-3-9-2-5(11-6)12-8/h2-3H,8H2,1H3,(H,11,12). The molecule has 3 N–H and O–H groups in total. The van der Waals surface area contributed by atoms with Gasteiger partial charge in [0.2, 0.25) is 0 Å². The van der Waals surface area contributed by atoms with Crippen LogP contribution in [0.1, 0.15) is 5.82 Å². The van der Waals surface area contributed by atoms with Crippen LogP contribution in [0.3, 0.4) is 0 Å². The van der Waals surface area contributed by atoms with E-state index in [-0.39, 0.29) is 0 Å². The fourth-order valence-corrected chi connectivity index (χ4v) is 2.43. The number of rotatable bonds is 3. The molecule has 0 radical (unpaired) electrons. The average Bonchev–Trinajstić information content (AvgIpc) is 2.64. The Hall–Kier alpha value is -1.25. The molecule has 78 valence electrons. The van der Waals surface area contributed by atoms with Gasteiger partial charge in [0.05, 0.1) is 12.4 Å². The topological polar surface area (TPSA) is 89.6 Å². The summed E-state index contributed by atoms with van der Waals surface area (Å²) in [5.74, 6) is 6.53. The molecular weight excluding hydrogens is 232 g/mol. The lowest BCUT2D eigenvalue weighted by molar-refractivity contribution is 1.03. The Kier molecular flexibility index (Phi) is 3.09. The van der Waals surface area contributed by atoms with Gasteiger partial charge in [-0.15, -0.1) is 0 Å². The first kappa shape index (κ1) is 10.3. The molecule has 0 saturated carbocycles. The first-order chi connectivity index (χ1) is 7.28. The fraction of sp³-hybridized carbons (Fsp3) is 0.143. The number of nitrogen functional groups attached to an aromatic ring is 1. The van der Waals surface area contributed by atoms with Crippen molar-refractivity contribution in [3.63, 3.8) is 0 Å². The molecule has 0 aliphatic rings. The van der Waals surface area contributed by atoms with Crippen molar-refractivity contribution in [2.45, 2.75) is 16.3 Å². The van der Waals surface area contributed by atoms with Crippen molar-refractivity contribution in [3.05, 3.63) is 18.2 Å². The minimum Gasteiger partial charge on any atom is -0.307 e. The highest BCUT2D eigenvalue weighted by Crippen LogP contribution is 2.27. The zero-order valence-electron chi connectivity index (χ0n) is 7.84. The van der Waals surface area contributed by atoms with Crippen LogP contribution in [0.15, 0.2) is 21.8 Å². The lowest BCUT2D eigenvalue weighted by atomic mass is 10.7. The maximum atomic E-state index is 5.23. The van der Waals surface area contributed by atoms with E-state index in [1.807, 2.05) is 6.92 Å². The molecule has 2 aromatic rings. The molecule has 2 heterocycles. The molecule has 0 aliphatic heterocycles. The molecule has 8 heteroatoms. The molecule has 15 heavy (non-hydrogen) atoms. The van der Waals surface area contributed by atoms with Crippen LogP contribution in [0.25, 0.3) is 0 Å². The maximum absolute atomic E-state index is 5.23. The minimum atomic E-state index is 0.529. The molecule has 0 aromatic carbocycles. The molecule has 0 saturated heterocycles. The SMILES string of the molecule is Cc1nsc(Sc2cncc(NN)n2)n1. The third-order valence-corrected chi connectivity index (χ3v) is 3.21. The molecule has 0 amide bonds. The third kappa shape index (κ3) is 2.61. The zero-order chi connectivity index (χ0) is 10.7. The van der Waals surface area contributed by atoms with E-state index >= 15 is 0 Å². The predicted molar refractivity (Wildman–Crippen MR) is 58.6 cm³/mol. The summed E-state index contributed by atoms with van der Waals surface area (Å²) in [4.78, 5) is 12.4. The van der Waals surface area contributed by atoms with Crippen LogP contribution >= 0.6 is 23.3 Å². The van der Waals surface area contributed by atoms with Gasteiger partial charge in [0.25, 0.3) is 0 Å². The second kappa shape index (κ2) is 4.51. The molecule has 6 nitrogen and oxygen atoms in total. The molecule has 0 aliphatic carbocycles. The largest absolute Gasteiger partial charge is 0.307 e. The third-order valence-electron chi connectivity index (χ3n) is 1.46. The quantitative estimate of drug-likeness (QED) is 0.612. The zero-order valence-corrected chi connectivity index (χ0v) is 9.47. The lowest BCUT2D eigenvalue weighted by Crippen LogP contribution is -2.08. The summed E-state index contributed by atoms with van der Waals surface area (Å²) in [5, 5.41) is 0.738. The van der Waals surface area contributed by atoms with Gasteiger partial charge in [0.1, 0.15) is 10.9 Å². The van der Waals surface area contributed by atoms with E-state index in [0.29, 0.717) is 5.82 Å². The second-order valence-electron chi connectivity index (χ2n) is 2.60. The Morgan fingerprint density at radius 1 is 1.40 bits per heavy atom. The van der Waals surface area contributed by atoms with Crippen molar-refractivity contribution >= 4 is 29.1 Å². The Morgan fingerprint density at radius 3 is 2.93 bits per heavy atom. The highest BCUT2D eigenvalue weighted by atomic mass is 32.2. The van der Waals surface area contributed by atoms with Crippen LogP contribution in [0.4, 0.5) is 5.82 Å². The summed E-state index contributed by atoms with van der Waals surface area (Å²) in [6.45, 7) is 1.85. The first-order valence-corrected chi connectivity index (χ1v) is 5.64. The van der Waals surface area contributed by atoms with E-state index in [0.717, 1.165) is 15.2 Å². The van der Waals surface area contributed by atoms with Crippen LogP contribution in [0.5, 0.6) is 0 Å². The van der Waals surface area contributed by atoms with E-state index < -0.39 is 0 Å². The molecule has 2 rings (SSSR count). The lowest BCUT2D eigenvalue weighted by Gasteiger charge is -1.99. The number of nitrogens with one attached hydrogen (secondary N) is 1. The van der Waals surface area contributed by atoms with Gasteiger partial charge >= 0.3 is 0 Å². The summed E-state index contributed by atoms with van der Waals surface area (Å²) in [6, 6.07) is 0. The smallest absolute Gasteiger partial charge is 0.176 e. The summed E-state index contributed by atoms with van der Waals surface area (Å²) in [6.07, 6.45) is 3.21. The van der Waals surface area contributed by atoms with Gasteiger partial charge in [-0.2, -0.15) is 4.37 Å². The predicted octanol–water partition coefficient (Wildman–Crippen LogP) is 1.07. The summed E-state index contributed by atoms with van der Waals surface area (Å²) in [5.41, 5.74) is 2.44. The monoisotopic (exact) mass is 240 g/mol. The van der Waals surface area contributed by atoms with Gasteiger partial charge in [0, 0.05) is 0 Å². The van der Waals surface area contributed by atoms with Crippen LogP contribution in [-0.4, -0.2) is 19.3 Å². The van der Waals surface area contributed by atoms with Crippen molar-refractivity contribution in [1.29, 1.82) is 0 Å². The van der Waals surface area contributed by atoms with Crippen molar-refractivity contribution in [2.75, 3.05) is 5.43 Å². The van der Waals surface area contributed by atoms with Gasteiger partial charge in [-0.3, -0.25) is 4.98 Å². The van der Waals surface area contributed by atoms with E-state index in [9.17, 15) is 0 Å². The number of nitrogens with two attached hydrogens (primary N) is 1. The van der Waals surface area contributed by atoms with Crippen LogP contribution in [-0.2, 0) is 0 Å². The minimum absolute atomic E-state index is 0.529. The number of nitrogens with zero attached hydrogens (tertiary/aromatic N) is 4. The Morgan fingerprint density at radius 2 is 2.27 bits per heavy atom. The van der Waals surface area contributed by atoms with Gasteiger partial charge in [-0.1, -0.05) is 0 Å². The van der Waals surface area contributed by atoms with Crippen molar-refractivity contribution < 1.29 is 0 Å². The molecule has 0 unspecified atom stereocenters. The Balaban J connectivity index is 2.16. The average molecular weight is 240 g/mol. The molecule has 0 bridgehead atoms. The second-order valence-corrected chi connectivity index (χ2v) is 4.62. The van der Waals surface area contributed by atoms with E-state index in [1.54, 1.807) is 12.4 Å². The fourth-order valence-electron chi connectivity index (χ4n) is 0.876. The normalized spacial score (nSPS) is 10.3. The molecular formula is C7H8N6S2. The number of hydrazine groups is 1. The van der Waals surface area contributed by atoms with Crippen LogP contribution in [0.2, 0.25) is 0 Å². The molecule has 0 atom stereocenters. The van der Waals surface area contributed by atoms with Crippen molar-refractivity contribution in [3.8, 4) is 0 Å². The maximum Gasteiger partial charge on any atom is 0.176 e. The first-order valence-electron chi connectivity index (χ1n) is 4.05. The van der Waals surface area contributed by atoms with Gasteiger partial charge < -0.3 is 5.43 Å². The van der Waals surface area contributed by atoms with Gasteiger partial charge in [-0.25, -0.2) is 15.8 Å². The van der Waals surface area contributed by atoms with Gasteiger partial charge in [-0.05, 0) is 30.2 Å². The number of aromatic nitrogens is 4. The Labute approximate surface area is 94.5 Å². The van der Waals surface area contributed by atoms with Crippen molar-refractivity contribution in [2.24, 2.45) is 5.84 Å². The molecule has 2 aromatic heterocycles.